The molecule has 0 unspecified atom stereocenters. The number of fused-ring (bicyclic) bond motifs is 3. The summed E-state index contributed by atoms with van der Waals surface area (Å²) >= 11 is 0. The Morgan fingerprint density at radius 1 is 1.00 bits per heavy atom. The van der Waals surface area contributed by atoms with Crippen LogP contribution in [0.2, 0.25) is 0 Å². The highest BCUT2D eigenvalue weighted by atomic mass is 16.5. The van der Waals surface area contributed by atoms with E-state index in [1.165, 1.54) is 12.3 Å². The summed E-state index contributed by atoms with van der Waals surface area (Å²) in [7, 11) is 0. The Hall–Kier alpha value is -4.07. The first-order valence-corrected chi connectivity index (χ1v) is 10.6. The van der Waals surface area contributed by atoms with Crippen LogP contribution in [0.5, 0.6) is 0 Å². The Labute approximate surface area is 190 Å². The Morgan fingerprint density at radius 2 is 1.61 bits per heavy atom. The van der Waals surface area contributed by atoms with Crippen LogP contribution in [0.25, 0.3) is 11.1 Å². The van der Waals surface area contributed by atoms with E-state index < -0.39 is 24.0 Å². The van der Waals surface area contributed by atoms with Crippen molar-refractivity contribution >= 4 is 23.7 Å². The number of carboxylic acids is 1. The quantitative estimate of drug-likeness (QED) is 0.491. The minimum absolute atomic E-state index is 0.0950. The second kappa shape index (κ2) is 9.20. The van der Waals surface area contributed by atoms with Crippen LogP contribution < -0.4 is 10.6 Å². The number of hydrogen-bond donors (Lipinski definition) is 3. The molecule has 1 atom stereocenters. The highest BCUT2D eigenvalue weighted by Gasteiger charge is 2.30. The molecule has 2 amide bonds. The van der Waals surface area contributed by atoms with Gasteiger partial charge in [-0.05, 0) is 28.2 Å². The summed E-state index contributed by atoms with van der Waals surface area (Å²) in [6, 6.07) is 16.3. The average Bonchev–Trinajstić information content (AvgIpc) is 3.38. The van der Waals surface area contributed by atoms with E-state index in [0.29, 0.717) is 0 Å². The summed E-state index contributed by atoms with van der Waals surface area (Å²) in [6.07, 6.45) is 0.491. The zero-order valence-corrected chi connectivity index (χ0v) is 18.2. The standard InChI is InChI=1S/C25H24N2O6/c1-14(2)21(24(29)30)27-23(28)22-20(11-12-32-22)26-25(31)33-13-19-17-9-5-3-7-15(17)16-8-4-6-10-18(16)19/h3-12,14,19,21H,13H2,1-2H3,(H,26,31)(H,27,28)(H,29,30)/t21-/m0/s1. The highest BCUT2D eigenvalue weighted by molar-refractivity contribution is 6.01. The molecule has 0 aliphatic heterocycles. The van der Waals surface area contributed by atoms with Crippen molar-refractivity contribution in [2.45, 2.75) is 25.8 Å². The number of amides is 2. The third kappa shape index (κ3) is 4.45. The van der Waals surface area contributed by atoms with Crippen LogP contribution in [0.15, 0.2) is 65.3 Å². The molecule has 8 nitrogen and oxygen atoms in total. The zero-order chi connectivity index (χ0) is 23.5. The van der Waals surface area contributed by atoms with Crippen LogP contribution in [0.3, 0.4) is 0 Å². The molecule has 0 spiro atoms. The number of hydrogen-bond acceptors (Lipinski definition) is 5. The van der Waals surface area contributed by atoms with Crippen molar-refractivity contribution in [1.29, 1.82) is 0 Å². The van der Waals surface area contributed by atoms with E-state index >= 15 is 0 Å². The van der Waals surface area contributed by atoms with E-state index in [1.807, 2.05) is 48.5 Å². The van der Waals surface area contributed by atoms with Crippen LogP contribution in [-0.2, 0) is 9.53 Å². The van der Waals surface area contributed by atoms with Gasteiger partial charge in [-0.3, -0.25) is 10.1 Å². The molecule has 1 aliphatic carbocycles. The lowest BCUT2D eigenvalue weighted by molar-refractivity contribution is -0.140. The zero-order valence-electron chi connectivity index (χ0n) is 18.2. The fraction of sp³-hybridized carbons (Fsp3) is 0.240. The van der Waals surface area contributed by atoms with Crippen LogP contribution in [0.4, 0.5) is 10.5 Å². The maximum Gasteiger partial charge on any atom is 0.411 e. The van der Waals surface area contributed by atoms with E-state index in [2.05, 4.69) is 10.6 Å². The first-order chi connectivity index (χ1) is 15.9. The van der Waals surface area contributed by atoms with Crippen molar-refractivity contribution in [2.24, 2.45) is 5.92 Å². The van der Waals surface area contributed by atoms with E-state index in [4.69, 9.17) is 9.15 Å². The summed E-state index contributed by atoms with van der Waals surface area (Å²) in [5.41, 5.74) is 4.51. The normalized spacial score (nSPS) is 13.2. The molecule has 0 radical (unpaired) electrons. The summed E-state index contributed by atoms with van der Waals surface area (Å²) in [4.78, 5) is 36.4. The lowest BCUT2D eigenvalue weighted by Crippen LogP contribution is -2.44. The molecule has 2 aromatic carbocycles. The molecule has 33 heavy (non-hydrogen) atoms. The van der Waals surface area contributed by atoms with Gasteiger partial charge in [-0.25, -0.2) is 9.59 Å². The van der Waals surface area contributed by atoms with Gasteiger partial charge in [0.15, 0.2) is 0 Å². The maximum atomic E-state index is 12.5. The number of ether oxygens (including phenoxy) is 1. The van der Waals surface area contributed by atoms with Crippen molar-refractivity contribution in [3.8, 4) is 11.1 Å². The van der Waals surface area contributed by atoms with Gasteiger partial charge in [0.2, 0.25) is 5.76 Å². The Kier molecular flexibility index (Phi) is 6.17. The summed E-state index contributed by atoms with van der Waals surface area (Å²) < 4.78 is 10.7. The number of anilines is 1. The second-order valence-corrected chi connectivity index (χ2v) is 8.15. The van der Waals surface area contributed by atoms with Crippen molar-refractivity contribution in [1.82, 2.24) is 5.32 Å². The number of carbonyl (C=O) groups is 3. The largest absolute Gasteiger partial charge is 0.480 e. The summed E-state index contributed by atoms with van der Waals surface area (Å²) in [6.45, 7) is 3.47. The molecule has 4 rings (SSSR count). The summed E-state index contributed by atoms with van der Waals surface area (Å²) in [5, 5.41) is 14.2. The Balaban J connectivity index is 1.43. The molecule has 0 bridgehead atoms. The van der Waals surface area contributed by atoms with Crippen molar-refractivity contribution in [2.75, 3.05) is 11.9 Å². The molecular weight excluding hydrogens is 424 g/mol. The van der Waals surface area contributed by atoms with Gasteiger partial charge in [0.1, 0.15) is 12.6 Å². The molecule has 3 aromatic rings. The van der Waals surface area contributed by atoms with Gasteiger partial charge >= 0.3 is 12.1 Å². The van der Waals surface area contributed by atoms with Gasteiger partial charge in [-0.2, -0.15) is 0 Å². The second-order valence-electron chi connectivity index (χ2n) is 8.15. The van der Waals surface area contributed by atoms with E-state index in [0.717, 1.165) is 22.3 Å². The van der Waals surface area contributed by atoms with Gasteiger partial charge in [0.05, 0.1) is 12.0 Å². The number of aliphatic carboxylic acids is 1. The van der Waals surface area contributed by atoms with Crippen LogP contribution >= 0.6 is 0 Å². The predicted octanol–water partition coefficient (Wildman–Crippen LogP) is 4.48. The molecule has 3 N–H and O–H groups in total. The fourth-order valence-corrected chi connectivity index (χ4v) is 4.05. The minimum Gasteiger partial charge on any atom is -0.480 e. The molecule has 170 valence electrons. The van der Waals surface area contributed by atoms with Gasteiger partial charge < -0.3 is 19.6 Å². The first kappa shape index (κ1) is 22.1. The smallest absolute Gasteiger partial charge is 0.411 e. The van der Waals surface area contributed by atoms with Crippen molar-refractivity contribution in [3.63, 3.8) is 0 Å². The average molecular weight is 448 g/mol. The molecule has 1 aromatic heterocycles. The van der Waals surface area contributed by atoms with Gasteiger partial charge in [0, 0.05) is 12.0 Å². The number of benzene rings is 2. The third-order valence-corrected chi connectivity index (χ3v) is 5.67. The van der Waals surface area contributed by atoms with E-state index in [1.54, 1.807) is 13.8 Å². The van der Waals surface area contributed by atoms with E-state index in [-0.39, 0.29) is 29.9 Å². The fourth-order valence-electron chi connectivity index (χ4n) is 4.05. The number of rotatable bonds is 7. The van der Waals surface area contributed by atoms with Gasteiger partial charge in [-0.15, -0.1) is 0 Å². The molecule has 1 aliphatic rings. The summed E-state index contributed by atoms with van der Waals surface area (Å²) in [5.74, 6) is -2.53. The van der Waals surface area contributed by atoms with Crippen LogP contribution in [0, 0.1) is 5.92 Å². The van der Waals surface area contributed by atoms with Crippen LogP contribution in [-0.4, -0.2) is 35.7 Å². The lowest BCUT2D eigenvalue weighted by Gasteiger charge is -2.17. The molecule has 1 heterocycles. The molecular formula is C25H24N2O6. The lowest BCUT2D eigenvalue weighted by atomic mass is 9.98. The SMILES string of the molecule is CC(C)[C@H](NC(=O)c1occc1NC(=O)OCC1c2ccccc2-c2ccccc21)C(=O)O. The topological polar surface area (TPSA) is 118 Å². The number of nitrogens with one attached hydrogen (secondary N) is 2. The van der Waals surface area contributed by atoms with Crippen LogP contribution in [0.1, 0.15) is 41.4 Å². The van der Waals surface area contributed by atoms with Crippen molar-refractivity contribution < 1.29 is 28.6 Å². The first-order valence-electron chi connectivity index (χ1n) is 10.6. The molecule has 0 fully saturated rings. The maximum absolute atomic E-state index is 12.5. The number of furan rings is 1. The highest BCUT2D eigenvalue weighted by Crippen LogP contribution is 2.44. The predicted molar refractivity (Wildman–Crippen MR) is 121 cm³/mol. The van der Waals surface area contributed by atoms with E-state index in [9.17, 15) is 19.5 Å². The molecule has 0 saturated carbocycles. The Bertz CT molecular complexity index is 1150. The minimum atomic E-state index is -1.16. The number of carbonyl (C=O) groups excluding carboxylic acids is 2. The van der Waals surface area contributed by atoms with Crippen molar-refractivity contribution in [3.05, 3.63) is 77.7 Å². The number of carboxylic acid groups (broad SMARTS) is 1. The van der Waals surface area contributed by atoms with Gasteiger partial charge in [-0.1, -0.05) is 62.4 Å². The third-order valence-electron chi connectivity index (χ3n) is 5.67. The monoisotopic (exact) mass is 448 g/mol. The van der Waals surface area contributed by atoms with Gasteiger partial charge in [0.25, 0.3) is 5.91 Å². The molecule has 0 saturated heterocycles. The Morgan fingerprint density at radius 3 is 2.18 bits per heavy atom. The molecule has 8 heteroatoms.